The molecule has 8 heteroatoms. The van der Waals surface area contributed by atoms with Gasteiger partial charge in [0.2, 0.25) is 0 Å². The van der Waals surface area contributed by atoms with Crippen molar-refractivity contribution in [1.82, 2.24) is 24.7 Å². The highest BCUT2D eigenvalue weighted by molar-refractivity contribution is 5.47. The topological polar surface area (TPSA) is 107 Å². The first-order valence-corrected chi connectivity index (χ1v) is 6.47. The Morgan fingerprint density at radius 3 is 2.45 bits per heavy atom. The molecule has 108 valence electrons. The van der Waals surface area contributed by atoms with Gasteiger partial charge in [-0.1, -0.05) is 13.8 Å². The lowest BCUT2D eigenvalue weighted by Gasteiger charge is -2.15. The van der Waals surface area contributed by atoms with Crippen LogP contribution in [0.2, 0.25) is 0 Å². The molecule has 4 N–H and O–H groups in total. The van der Waals surface area contributed by atoms with E-state index in [1.54, 1.807) is 12.4 Å². The number of aromatic nitrogens is 5. The molecule has 2 heterocycles. The van der Waals surface area contributed by atoms with Crippen LogP contribution in [0, 0.1) is 0 Å². The number of anilines is 2. The van der Waals surface area contributed by atoms with Gasteiger partial charge in [-0.25, -0.2) is 15.8 Å². The molecule has 2 rings (SSSR count). The summed E-state index contributed by atoms with van der Waals surface area (Å²) in [5.41, 5.74) is 2.56. The van der Waals surface area contributed by atoms with Crippen LogP contribution in [-0.4, -0.2) is 24.7 Å². The van der Waals surface area contributed by atoms with Crippen molar-refractivity contribution in [2.45, 2.75) is 32.7 Å². The molecule has 0 bridgehead atoms. The average molecular weight is 276 g/mol. The molecule has 8 nitrogen and oxygen atoms in total. The van der Waals surface area contributed by atoms with E-state index in [1.165, 1.54) is 0 Å². The van der Waals surface area contributed by atoms with E-state index in [1.807, 2.05) is 32.4 Å². The van der Waals surface area contributed by atoms with Gasteiger partial charge in [-0.3, -0.25) is 0 Å². The smallest absolute Gasteiger partial charge is 0.154 e. The van der Waals surface area contributed by atoms with Crippen LogP contribution in [0.1, 0.15) is 44.4 Å². The number of nitrogen functional groups attached to an aromatic ring is 1. The number of aryl methyl sites for hydroxylation is 1. The number of rotatable bonds is 5. The summed E-state index contributed by atoms with van der Waals surface area (Å²) in [6.07, 6.45) is 1.67. The van der Waals surface area contributed by atoms with Crippen molar-refractivity contribution in [2.75, 3.05) is 10.7 Å². The van der Waals surface area contributed by atoms with Crippen molar-refractivity contribution < 1.29 is 0 Å². The highest BCUT2D eigenvalue weighted by Crippen LogP contribution is 2.20. The van der Waals surface area contributed by atoms with Crippen LogP contribution < -0.4 is 16.6 Å². The molecular weight excluding hydrogens is 256 g/mol. The van der Waals surface area contributed by atoms with Crippen LogP contribution in [0.5, 0.6) is 0 Å². The van der Waals surface area contributed by atoms with Crippen molar-refractivity contribution in [3.05, 3.63) is 24.0 Å². The monoisotopic (exact) mass is 276 g/mol. The Bertz CT molecular complexity index is 577. The van der Waals surface area contributed by atoms with Gasteiger partial charge in [0, 0.05) is 19.0 Å². The highest BCUT2D eigenvalue weighted by Gasteiger charge is 2.14. The second-order valence-electron chi connectivity index (χ2n) is 4.96. The van der Waals surface area contributed by atoms with Gasteiger partial charge in [-0.05, 0) is 6.92 Å². The Morgan fingerprint density at radius 2 is 1.90 bits per heavy atom. The van der Waals surface area contributed by atoms with Crippen LogP contribution in [-0.2, 0) is 7.05 Å². The zero-order chi connectivity index (χ0) is 14.7. The molecule has 0 saturated carbocycles. The average Bonchev–Trinajstić information content (AvgIpc) is 2.84. The molecule has 2 aromatic rings. The SMILES string of the molecule is CC(C)c1nc(NN)cc(NC(C)c2nncn2C)n1. The summed E-state index contributed by atoms with van der Waals surface area (Å²) >= 11 is 0. The maximum Gasteiger partial charge on any atom is 0.154 e. The van der Waals surface area contributed by atoms with Gasteiger partial charge in [-0.2, -0.15) is 0 Å². The maximum absolute atomic E-state index is 5.44. The number of hydrogen-bond donors (Lipinski definition) is 3. The van der Waals surface area contributed by atoms with Crippen LogP contribution >= 0.6 is 0 Å². The van der Waals surface area contributed by atoms with Crippen LogP contribution in [0.25, 0.3) is 0 Å². The zero-order valence-electron chi connectivity index (χ0n) is 12.1. The first-order valence-electron chi connectivity index (χ1n) is 6.47. The summed E-state index contributed by atoms with van der Waals surface area (Å²) < 4.78 is 1.87. The third kappa shape index (κ3) is 3.02. The maximum atomic E-state index is 5.44. The molecule has 0 aromatic carbocycles. The van der Waals surface area contributed by atoms with E-state index in [0.29, 0.717) is 11.6 Å². The second-order valence-corrected chi connectivity index (χ2v) is 4.96. The molecule has 0 aliphatic heterocycles. The predicted octanol–water partition coefficient (Wildman–Crippen LogP) is 1.19. The van der Waals surface area contributed by atoms with Crippen molar-refractivity contribution in [3.63, 3.8) is 0 Å². The number of nitrogens with one attached hydrogen (secondary N) is 2. The molecule has 0 spiro atoms. The third-order valence-corrected chi connectivity index (χ3v) is 2.91. The molecule has 0 radical (unpaired) electrons. The number of nitrogens with zero attached hydrogens (tertiary/aromatic N) is 5. The van der Waals surface area contributed by atoms with Gasteiger partial charge < -0.3 is 15.3 Å². The molecule has 0 aliphatic carbocycles. The largest absolute Gasteiger partial charge is 0.360 e. The van der Waals surface area contributed by atoms with Crippen molar-refractivity contribution in [2.24, 2.45) is 12.9 Å². The predicted molar refractivity (Wildman–Crippen MR) is 77.0 cm³/mol. The van der Waals surface area contributed by atoms with Gasteiger partial charge in [0.05, 0.1) is 6.04 Å². The van der Waals surface area contributed by atoms with Gasteiger partial charge in [0.1, 0.15) is 23.8 Å². The Kier molecular flexibility index (Phi) is 4.14. The molecule has 0 aliphatic rings. The standard InChI is InChI=1S/C12H20N8/c1-7(2)11-16-9(5-10(17-11)18-13)15-8(3)12-19-14-6-20(12)4/h5-8H,13H2,1-4H3,(H2,15,16,17,18). The Labute approximate surface area is 117 Å². The summed E-state index contributed by atoms with van der Waals surface area (Å²) in [5.74, 6) is 8.50. The Balaban J connectivity index is 2.24. The fourth-order valence-corrected chi connectivity index (χ4v) is 1.84. The summed E-state index contributed by atoms with van der Waals surface area (Å²) in [5, 5.41) is 11.2. The fourth-order valence-electron chi connectivity index (χ4n) is 1.84. The van der Waals surface area contributed by atoms with Crippen molar-refractivity contribution in [3.8, 4) is 0 Å². The van der Waals surface area contributed by atoms with Crippen LogP contribution in [0.4, 0.5) is 11.6 Å². The lowest BCUT2D eigenvalue weighted by Crippen LogP contribution is -2.16. The minimum absolute atomic E-state index is 0.0250. The van der Waals surface area contributed by atoms with E-state index in [0.717, 1.165) is 11.6 Å². The first kappa shape index (κ1) is 14.2. The van der Waals surface area contributed by atoms with Crippen molar-refractivity contribution in [1.29, 1.82) is 0 Å². The Hall–Kier alpha value is -2.22. The molecule has 0 amide bonds. The van der Waals surface area contributed by atoms with E-state index in [4.69, 9.17) is 5.84 Å². The number of nitrogens with two attached hydrogens (primary N) is 1. The Morgan fingerprint density at radius 1 is 1.20 bits per heavy atom. The number of hydrazine groups is 1. The second kappa shape index (κ2) is 5.83. The summed E-state index contributed by atoms with van der Waals surface area (Å²) in [7, 11) is 1.90. The minimum Gasteiger partial charge on any atom is -0.360 e. The van der Waals surface area contributed by atoms with E-state index in [-0.39, 0.29) is 12.0 Å². The lowest BCUT2D eigenvalue weighted by molar-refractivity contribution is 0.710. The van der Waals surface area contributed by atoms with Crippen LogP contribution in [0.15, 0.2) is 12.4 Å². The summed E-state index contributed by atoms with van der Waals surface area (Å²) in [4.78, 5) is 8.80. The molecule has 0 saturated heterocycles. The minimum atomic E-state index is -0.0250. The third-order valence-electron chi connectivity index (χ3n) is 2.91. The van der Waals surface area contributed by atoms with Gasteiger partial charge in [0.25, 0.3) is 0 Å². The fraction of sp³-hybridized carbons (Fsp3) is 0.500. The molecule has 1 unspecified atom stereocenters. The van der Waals surface area contributed by atoms with Crippen LogP contribution in [0.3, 0.4) is 0 Å². The normalized spacial score (nSPS) is 12.5. The van der Waals surface area contributed by atoms with Crippen molar-refractivity contribution >= 4 is 11.6 Å². The summed E-state index contributed by atoms with van der Waals surface area (Å²) in [6, 6.07) is 1.74. The quantitative estimate of drug-likeness (QED) is 0.556. The molecule has 20 heavy (non-hydrogen) atoms. The number of hydrogen-bond acceptors (Lipinski definition) is 7. The van der Waals surface area contributed by atoms with Gasteiger partial charge >= 0.3 is 0 Å². The first-order chi connectivity index (χ1) is 9.51. The molecule has 2 aromatic heterocycles. The van der Waals surface area contributed by atoms with Gasteiger partial charge in [0.15, 0.2) is 5.82 Å². The van der Waals surface area contributed by atoms with E-state index in [2.05, 4.69) is 30.9 Å². The van der Waals surface area contributed by atoms with E-state index >= 15 is 0 Å². The summed E-state index contributed by atoms with van der Waals surface area (Å²) in [6.45, 7) is 6.06. The zero-order valence-corrected chi connectivity index (χ0v) is 12.1. The lowest BCUT2D eigenvalue weighted by atomic mass is 10.2. The van der Waals surface area contributed by atoms with Gasteiger partial charge in [-0.15, -0.1) is 10.2 Å². The molecule has 1 atom stereocenters. The van der Waals surface area contributed by atoms with E-state index in [9.17, 15) is 0 Å². The molecule has 0 fully saturated rings. The highest BCUT2D eigenvalue weighted by atomic mass is 15.3. The van der Waals surface area contributed by atoms with E-state index < -0.39 is 0 Å². The molecular formula is C12H20N8.